The largest absolute Gasteiger partial charge is 0.485 e. The lowest BCUT2D eigenvalue weighted by molar-refractivity contribution is -0.384. The van der Waals surface area contributed by atoms with Gasteiger partial charge in [0.1, 0.15) is 22.8 Å². The van der Waals surface area contributed by atoms with Gasteiger partial charge in [0.15, 0.2) is 0 Å². The van der Waals surface area contributed by atoms with Gasteiger partial charge in [-0.25, -0.2) is 4.21 Å². The molecule has 6 nitrogen and oxygen atoms in total. The zero-order valence-corrected chi connectivity index (χ0v) is 15.7. The standard InChI is InChI=1S/C19H20N2O4S/c1-19(2,3)26(24)20-16-12-18(13-7-5-4-6-8-13)25-17-10-9-14(21(22)23)11-15(16)17/h4-11,18H,12H2,1-3H3/t18?,26-/m1/s1. The first-order valence-corrected chi connectivity index (χ1v) is 9.36. The van der Waals surface area contributed by atoms with Crippen LogP contribution in [0.4, 0.5) is 5.69 Å². The Morgan fingerprint density at radius 1 is 1.19 bits per heavy atom. The second kappa shape index (κ2) is 6.99. The number of benzene rings is 2. The second-order valence-electron chi connectivity index (χ2n) is 7.06. The molecule has 7 heteroatoms. The molecule has 0 aliphatic carbocycles. The van der Waals surface area contributed by atoms with Crippen molar-refractivity contribution in [2.24, 2.45) is 4.40 Å². The molecule has 2 aromatic carbocycles. The number of fused-ring (bicyclic) bond motifs is 1. The Kier molecular flexibility index (Phi) is 4.91. The van der Waals surface area contributed by atoms with E-state index in [2.05, 4.69) is 4.40 Å². The van der Waals surface area contributed by atoms with Crippen molar-refractivity contribution < 1.29 is 13.9 Å². The first kappa shape index (κ1) is 18.3. The Labute approximate surface area is 154 Å². The molecule has 0 radical (unpaired) electrons. The summed E-state index contributed by atoms with van der Waals surface area (Å²) in [6.45, 7) is 5.53. The van der Waals surface area contributed by atoms with E-state index >= 15 is 0 Å². The van der Waals surface area contributed by atoms with Crippen LogP contribution in [0.1, 0.15) is 44.4 Å². The Bertz CT molecular complexity index is 888. The van der Waals surface area contributed by atoms with Crippen molar-refractivity contribution in [1.82, 2.24) is 0 Å². The van der Waals surface area contributed by atoms with Crippen LogP contribution in [0.15, 0.2) is 52.9 Å². The van der Waals surface area contributed by atoms with E-state index in [1.54, 1.807) is 6.07 Å². The summed E-state index contributed by atoms with van der Waals surface area (Å²) in [4.78, 5) is 10.7. The van der Waals surface area contributed by atoms with E-state index in [1.165, 1.54) is 12.1 Å². The Morgan fingerprint density at radius 3 is 2.50 bits per heavy atom. The molecular weight excluding hydrogens is 352 g/mol. The third kappa shape index (κ3) is 3.83. The molecule has 0 spiro atoms. The summed E-state index contributed by atoms with van der Waals surface area (Å²) in [6, 6.07) is 14.1. The van der Waals surface area contributed by atoms with Crippen LogP contribution in [0, 0.1) is 10.1 Å². The molecule has 1 aliphatic heterocycles. The highest BCUT2D eigenvalue weighted by Gasteiger charge is 2.30. The molecule has 2 aromatic rings. The molecule has 0 N–H and O–H groups in total. The molecule has 26 heavy (non-hydrogen) atoms. The van der Waals surface area contributed by atoms with Gasteiger partial charge in [-0.05, 0) is 32.4 Å². The molecule has 1 heterocycles. The van der Waals surface area contributed by atoms with Crippen LogP contribution in [0.2, 0.25) is 0 Å². The van der Waals surface area contributed by atoms with Crippen molar-refractivity contribution >= 4 is 22.4 Å². The maximum Gasteiger partial charge on any atom is 0.270 e. The number of hydrogen-bond donors (Lipinski definition) is 0. The highest BCUT2D eigenvalue weighted by atomic mass is 32.2. The molecule has 0 aromatic heterocycles. The molecular formula is C19H20N2O4S. The molecule has 0 bridgehead atoms. The minimum Gasteiger partial charge on any atom is -0.485 e. The van der Waals surface area contributed by atoms with Gasteiger partial charge in [0, 0.05) is 24.1 Å². The van der Waals surface area contributed by atoms with Crippen LogP contribution >= 0.6 is 0 Å². The SMILES string of the molecule is CC(C)(C)[S@@](=O)N=C1CC(c2ccccc2)Oc2ccc([N+](=O)[O-])cc21. The van der Waals surface area contributed by atoms with E-state index in [0.717, 1.165) is 5.56 Å². The third-order valence-electron chi connectivity index (χ3n) is 4.02. The predicted molar refractivity (Wildman–Crippen MR) is 102 cm³/mol. The van der Waals surface area contributed by atoms with E-state index in [4.69, 9.17) is 4.74 Å². The number of ether oxygens (including phenoxy) is 1. The molecule has 0 amide bonds. The van der Waals surface area contributed by atoms with Crippen LogP contribution < -0.4 is 4.74 Å². The summed E-state index contributed by atoms with van der Waals surface area (Å²) in [6.07, 6.45) is 0.126. The van der Waals surface area contributed by atoms with Gasteiger partial charge >= 0.3 is 0 Å². The monoisotopic (exact) mass is 372 g/mol. The summed E-state index contributed by atoms with van der Waals surface area (Å²) >= 11 is 0. The van der Waals surface area contributed by atoms with Crippen LogP contribution in [-0.4, -0.2) is 19.6 Å². The minimum absolute atomic E-state index is 0.0419. The highest BCUT2D eigenvalue weighted by Crippen LogP contribution is 2.37. The minimum atomic E-state index is -1.47. The van der Waals surface area contributed by atoms with Crippen LogP contribution in [0.5, 0.6) is 5.75 Å². The number of nitrogens with zero attached hydrogens (tertiary/aromatic N) is 2. The van der Waals surface area contributed by atoms with E-state index in [9.17, 15) is 14.3 Å². The fourth-order valence-corrected chi connectivity index (χ4v) is 3.26. The van der Waals surface area contributed by atoms with Gasteiger partial charge in [-0.15, -0.1) is 0 Å². The predicted octanol–water partition coefficient (Wildman–Crippen LogP) is 4.37. The molecule has 1 unspecified atom stereocenters. The highest BCUT2D eigenvalue weighted by molar-refractivity contribution is 7.85. The Morgan fingerprint density at radius 2 is 1.88 bits per heavy atom. The van der Waals surface area contributed by atoms with Crippen LogP contribution in [0.25, 0.3) is 0 Å². The lowest BCUT2D eigenvalue weighted by atomic mass is 9.95. The Hall–Kier alpha value is -2.54. The number of rotatable bonds is 3. The van der Waals surface area contributed by atoms with Gasteiger partial charge in [0.2, 0.25) is 0 Å². The molecule has 136 valence electrons. The number of hydrogen-bond acceptors (Lipinski definition) is 4. The molecule has 0 saturated heterocycles. The van der Waals surface area contributed by atoms with Crippen molar-refractivity contribution in [1.29, 1.82) is 0 Å². The van der Waals surface area contributed by atoms with Gasteiger partial charge < -0.3 is 4.74 Å². The summed E-state index contributed by atoms with van der Waals surface area (Å²) in [5, 5.41) is 11.1. The summed E-state index contributed by atoms with van der Waals surface area (Å²) < 4.78 is 22.5. The van der Waals surface area contributed by atoms with Gasteiger partial charge in [-0.1, -0.05) is 30.3 Å². The van der Waals surface area contributed by atoms with Crippen molar-refractivity contribution in [3.05, 3.63) is 69.8 Å². The first-order valence-electron chi connectivity index (χ1n) is 8.25. The van der Waals surface area contributed by atoms with E-state index in [1.807, 2.05) is 51.1 Å². The lowest BCUT2D eigenvalue weighted by Gasteiger charge is -2.28. The summed E-state index contributed by atoms with van der Waals surface area (Å²) in [7, 11) is -1.47. The van der Waals surface area contributed by atoms with E-state index < -0.39 is 20.7 Å². The number of nitro benzene ring substituents is 1. The first-order chi connectivity index (χ1) is 12.3. The molecule has 0 fully saturated rings. The molecule has 3 rings (SSSR count). The van der Waals surface area contributed by atoms with E-state index in [0.29, 0.717) is 23.4 Å². The van der Waals surface area contributed by atoms with Gasteiger partial charge in [-0.2, -0.15) is 4.40 Å². The van der Waals surface area contributed by atoms with Crippen molar-refractivity contribution in [2.75, 3.05) is 0 Å². The number of nitro groups is 1. The summed E-state index contributed by atoms with van der Waals surface area (Å²) in [5.41, 5.74) is 2.03. The Balaban J connectivity index is 2.08. The lowest BCUT2D eigenvalue weighted by Crippen LogP contribution is -2.25. The van der Waals surface area contributed by atoms with Gasteiger partial charge in [0.25, 0.3) is 5.69 Å². The maximum absolute atomic E-state index is 12.6. The van der Waals surface area contributed by atoms with Gasteiger partial charge in [-0.3, -0.25) is 10.1 Å². The average Bonchev–Trinajstić information content (AvgIpc) is 2.61. The molecule has 2 atom stereocenters. The number of non-ortho nitro benzene ring substituents is 1. The van der Waals surface area contributed by atoms with Crippen LogP contribution in [0.3, 0.4) is 0 Å². The third-order valence-corrected chi connectivity index (χ3v) is 5.46. The average molecular weight is 372 g/mol. The zero-order valence-electron chi connectivity index (χ0n) is 14.8. The zero-order chi connectivity index (χ0) is 18.9. The quantitative estimate of drug-likeness (QED) is 0.592. The summed E-state index contributed by atoms with van der Waals surface area (Å²) in [5.74, 6) is 0.514. The van der Waals surface area contributed by atoms with Crippen molar-refractivity contribution in [3.63, 3.8) is 0 Å². The van der Waals surface area contributed by atoms with Crippen LogP contribution in [-0.2, 0) is 11.0 Å². The fraction of sp³-hybridized carbons (Fsp3) is 0.316. The van der Waals surface area contributed by atoms with Crippen molar-refractivity contribution in [2.45, 2.75) is 38.0 Å². The van der Waals surface area contributed by atoms with Crippen molar-refractivity contribution in [3.8, 4) is 5.75 Å². The second-order valence-corrected chi connectivity index (χ2v) is 8.96. The maximum atomic E-state index is 12.6. The topological polar surface area (TPSA) is 81.8 Å². The molecule has 1 aliphatic rings. The smallest absolute Gasteiger partial charge is 0.270 e. The van der Waals surface area contributed by atoms with Gasteiger partial charge in [0.05, 0.1) is 15.4 Å². The van der Waals surface area contributed by atoms with E-state index in [-0.39, 0.29) is 11.8 Å². The normalized spacial score (nSPS) is 19.5. The molecule has 0 saturated carbocycles. The fourth-order valence-electron chi connectivity index (χ4n) is 2.62.